The van der Waals surface area contributed by atoms with Gasteiger partial charge < -0.3 is 19.5 Å². The SMILES string of the molecule is Cc1cc(F)ccc1CNc1cc(C(=O)N2CCN(CC(=O)Oc3ccc4c(c3)CCC4)CC2)cc2c(C)c(C)n(CC3CC3)c12. The zero-order chi connectivity index (χ0) is 31.9. The Labute approximate surface area is 270 Å². The number of carbonyl (C=O) groups is 2. The molecule has 7 nitrogen and oxygen atoms in total. The Kier molecular flexibility index (Phi) is 8.32. The van der Waals surface area contributed by atoms with Gasteiger partial charge in [-0.25, -0.2) is 4.39 Å². The van der Waals surface area contributed by atoms with E-state index in [1.807, 2.05) is 36.1 Å². The standard InChI is InChI=1S/C38H43FN4O3/c1-24-17-32(39)11-9-30(24)21-40-35-20-31(19-34-25(2)26(3)43(37(34)35)22-27-7-8-27)38(45)42-15-13-41(14-16-42)23-36(44)46-33-12-10-28-5-4-6-29(28)18-33/h9-12,17-20,27,40H,4-8,13-16,21-23H2,1-3H3. The highest BCUT2D eigenvalue weighted by atomic mass is 19.1. The fourth-order valence-corrected chi connectivity index (χ4v) is 7.12. The van der Waals surface area contributed by atoms with Crippen LogP contribution in [0.5, 0.6) is 5.75 Å². The van der Waals surface area contributed by atoms with Crippen molar-refractivity contribution < 1.29 is 18.7 Å². The number of piperazine rings is 1. The minimum absolute atomic E-state index is 0.00437. The number of rotatable bonds is 9. The summed E-state index contributed by atoms with van der Waals surface area (Å²) < 4.78 is 21.9. The molecule has 1 amide bonds. The van der Waals surface area contributed by atoms with Crippen LogP contribution in [0, 0.1) is 32.5 Å². The van der Waals surface area contributed by atoms with Gasteiger partial charge in [0.15, 0.2) is 0 Å². The number of nitrogens with zero attached hydrogens (tertiary/aromatic N) is 3. The molecular weight excluding hydrogens is 579 g/mol. The van der Waals surface area contributed by atoms with Crippen molar-refractivity contribution in [1.82, 2.24) is 14.4 Å². The number of fused-ring (bicyclic) bond motifs is 2. The van der Waals surface area contributed by atoms with Crippen LogP contribution in [0.3, 0.4) is 0 Å². The van der Waals surface area contributed by atoms with Crippen LogP contribution in [0.4, 0.5) is 10.1 Å². The number of carbonyl (C=O) groups excluding carboxylic acids is 2. The van der Waals surface area contributed by atoms with E-state index in [1.54, 1.807) is 6.07 Å². The van der Waals surface area contributed by atoms with Gasteiger partial charge in [0.05, 0.1) is 17.7 Å². The molecule has 4 aromatic rings. The molecule has 46 heavy (non-hydrogen) atoms. The van der Waals surface area contributed by atoms with Crippen molar-refractivity contribution in [3.63, 3.8) is 0 Å². The smallest absolute Gasteiger partial charge is 0.325 e. The molecule has 2 fully saturated rings. The lowest BCUT2D eigenvalue weighted by Gasteiger charge is -2.34. The van der Waals surface area contributed by atoms with Gasteiger partial charge in [-0.2, -0.15) is 0 Å². The maximum absolute atomic E-state index is 14.0. The molecule has 240 valence electrons. The Morgan fingerprint density at radius 3 is 2.48 bits per heavy atom. The quantitative estimate of drug-likeness (QED) is 0.169. The fourth-order valence-electron chi connectivity index (χ4n) is 7.12. The Morgan fingerprint density at radius 2 is 1.72 bits per heavy atom. The van der Waals surface area contributed by atoms with Gasteiger partial charge in [-0.15, -0.1) is 0 Å². The lowest BCUT2D eigenvalue weighted by atomic mass is 10.0. The first-order valence-corrected chi connectivity index (χ1v) is 16.7. The normalized spacial score (nSPS) is 16.6. The molecule has 1 N–H and O–H groups in total. The topological polar surface area (TPSA) is 66.8 Å². The lowest BCUT2D eigenvalue weighted by Crippen LogP contribution is -2.50. The fraction of sp³-hybridized carbons (Fsp3) is 0.421. The number of nitrogens with one attached hydrogen (secondary N) is 1. The average Bonchev–Trinajstić information content (AvgIpc) is 3.69. The number of esters is 1. The molecule has 1 aliphatic heterocycles. The van der Waals surface area contributed by atoms with Crippen molar-refractivity contribution in [1.29, 1.82) is 0 Å². The van der Waals surface area contributed by atoms with Crippen molar-refractivity contribution in [3.8, 4) is 5.75 Å². The molecule has 8 heteroatoms. The lowest BCUT2D eigenvalue weighted by molar-refractivity contribution is -0.136. The first kappa shape index (κ1) is 30.5. The van der Waals surface area contributed by atoms with Gasteiger partial charge in [0.25, 0.3) is 5.91 Å². The Morgan fingerprint density at radius 1 is 0.935 bits per heavy atom. The highest BCUT2D eigenvalue weighted by molar-refractivity contribution is 6.04. The van der Waals surface area contributed by atoms with E-state index in [1.165, 1.54) is 41.3 Å². The summed E-state index contributed by atoms with van der Waals surface area (Å²) in [5.74, 6) is 0.804. The van der Waals surface area contributed by atoms with Crippen molar-refractivity contribution >= 4 is 28.5 Å². The molecule has 0 radical (unpaired) electrons. The highest BCUT2D eigenvalue weighted by Crippen LogP contribution is 2.38. The van der Waals surface area contributed by atoms with Gasteiger partial charge in [0, 0.05) is 55.9 Å². The van der Waals surface area contributed by atoms with Gasteiger partial charge in [-0.1, -0.05) is 12.1 Å². The maximum Gasteiger partial charge on any atom is 0.325 e. The van der Waals surface area contributed by atoms with Crippen LogP contribution in [0.1, 0.15) is 63.1 Å². The molecule has 2 heterocycles. The van der Waals surface area contributed by atoms with E-state index >= 15 is 0 Å². The molecule has 0 atom stereocenters. The monoisotopic (exact) mass is 622 g/mol. The van der Waals surface area contributed by atoms with Crippen molar-refractivity contribution in [2.45, 2.75) is 66.0 Å². The third-order valence-electron chi connectivity index (χ3n) is 10.2. The second-order valence-electron chi connectivity index (χ2n) is 13.4. The molecule has 0 bridgehead atoms. The van der Waals surface area contributed by atoms with Crippen LogP contribution in [-0.2, 0) is 30.7 Å². The second kappa shape index (κ2) is 12.6. The predicted octanol–water partition coefficient (Wildman–Crippen LogP) is 6.58. The summed E-state index contributed by atoms with van der Waals surface area (Å²) in [4.78, 5) is 30.6. The number of hydrogen-bond acceptors (Lipinski definition) is 5. The van der Waals surface area contributed by atoms with Gasteiger partial charge >= 0.3 is 5.97 Å². The summed E-state index contributed by atoms with van der Waals surface area (Å²) in [5.41, 5.74) is 9.68. The zero-order valence-corrected chi connectivity index (χ0v) is 27.1. The summed E-state index contributed by atoms with van der Waals surface area (Å²) in [6.45, 7) is 10.3. The van der Waals surface area contributed by atoms with Gasteiger partial charge in [-0.05, 0) is 123 Å². The highest BCUT2D eigenvalue weighted by Gasteiger charge is 2.28. The first-order valence-electron chi connectivity index (χ1n) is 16.7. The number of aromatic nitrogens is 1. The summed E-state index contributed by atoms with van der Waals surface area (Å²) in [5, 5.41) is 4.72. The number of benzene rings is 3. The van der Waals surface area contributed by atoms with E-state index in [9.17, 15) is 14.0 Å². The van der Waals surface area contributed by atoms with E-state index in [0.29, 0.717) is 50.0 Å². The van der Waals surface area contributed by atoms with Crippen LogP contribution in [-0.4, -0.2) is 59.0 Å². The van der Waals surface area contributed by atoms with Crippen molar-refractivity contribution in [3.05, 3.63) is 93.4 Å². The average molecular weight is 623 g/mol. The molecule has 3 aromatic carbocycles. The Bertz CT molecular complexity index is 1820. The number of anilines is 1. The predicted molar refractivity (Wildman–Crippen MR) is 179 cm³/mol. The van der Waals surface area contributed by atoms with Crippen LogP contribution in [0.2, 0.25) is 0 Å². The molecule has 0 spiro atoms. The zero-order valence-electron chi connectivity index (χ0n) is 27.1. The van der Waals surface area contributed by atoms with Gasteiger partial charge in [0.1, 0.15) is 11.6 Å². The molecule has 1 aromatic heterocycles. The minimum atomic E-state index is -0.267. The summed E-state index contributed by atoms with van der Waals surface area (Å²) in [7, 11) is 0. The molecule has 7 rings (SSSR count). The Balaban J connectivity index is 1.06. The number of halogens is 1. The van der Waals surface area contributed by atoms with Crippen molar-refractivity contribution in [2.75, 3.05) is 38.0 Å². The molecule has 2 aliphatic carbocycles. The number of hydrogen-bond donors (Lipinski definition) is 1. The molecule has 1 saturated heterocycles. The summed E-state index contributed by atoms with van der Waals surface area (Å²) in [6.07, 6.45) is 5.80. The van der Waals surface area contributed by atoms with Crippen LogP contribution < -0.4 is 10.1 Å². The summed E-state index contributed by atoms with van der Waals surface area (Å²) >= 11 is 0. The van der Waals surface area contributed by atoms with Gasteiger partial charge in [-0.3, -0.25) is 14.5 Å². The van der Waals surface area contributed by atoms with Crippen LogP contribution in [0.15, 0.2) is 48.5 Å². The van der Waals surface area contributed by atoms with E-state index in [0.717, 1.165) is 53.5 Å². The first-order chi connectivity index (χ1) is 22.2. The number of aryl methyl sites for hydroxylation is 4. The molecule has 1 saturated carbocycles. The van der Waals surface area contributed by atoms with E-state index in [-0.39, 0.29) is 24.2 Å². The van der Waals surface area contributed by atoms with E-state index in [2.05, 4.69) is 40.8 Å². The number of ether oxygens (including phenoxy) is 1. The maximum atomic E-state index is 14.0. The molecule has 3 aliphatic rings. The summed E-state index contributed by atoms with van der Waals surface area (Å²) in [6, 6.07) is 14.9. The van der Waals surface area contributed by atoms with Crippen molar-refractivity contribution in [2.24, 2.45) is 5.92 Å². The van der Waals surface area contributed by atoms with E-state index in [4.69, 9.17) is 4.74 Å². The second-order valence-corrected chi connectivity index (χ2v) is 13.4. The van der Waals surface area contributed by atoms with Crippen LogP contribution in [0.25, 0.3) is 10.9 Å². The molecule has 0 unspecified atom stereocenters. The van der Waals surface area contributed by atoms with E-state index < -0.39 is 0 Å². The van der Waals surface area contributed by atoms with Crippen LogP contribution >= 0.6 is 0 Å². The van der Waals surface area contributed by atoms with Gasteiger partial charge in [0.2, 0.25) is 0 Å². The third kappa shape index (κ3) is 6.27. The minimum Gasteiger partial charge on any atom is -0.426 e. The number of amides is 1. The molecular formula is C38H43FN4O3. The third-order valence-corrected chi connectivity index (χ3v) is 10.2. The largest absolute Gasteiger partial charge is 0.426 e. The Hall–Kier alpha value is -4.17.